The molecule has 2 atom stereocenters. The second-order valence-corrected chi connectivity index (χ2v) is 6.22. The van der Waals surface area contributed by atoms with Crippen LogP contribution in [-0.4, -0.2) is 22.4 Å². The van der Waals surface area contributed by atoms with Crippen molar-refractivity contribution in [3.8, 4) is 0 Å². The molecule has 20 heavy (non-hydrogen) atoms. The van der Waals surface area contributed by atoms with Crippen LogP contribution in [0.5, 0.6) is 0 Å². The molecule has 1 heterocycles. The van der Waals surface area contributed by atoms with Gasteiger partial charge in [-0.15, -0.1) is 0 Å². The summed E-state index contributed by atoms with van der Waals surface area (Å²) in [5, 5.41) is 3.67. The Morgan fingerprint density at radius 2 is 1.95 bits per heavy atom. The fourth-order valence-corrected chi connectivity index (χ4v) is 3.62. The summed E-state index contributed by atoms with van der Waals surface area (Å²) in [6.07, 6.45) is 5.33. The van der Waals surface area contributed by atoms with E-state index in [0.29, 0.717) is 5.91 Å². The number of benzene rings is 1. The lowest BCUT2D eigenvalue weighted by atomic mass is 9.97. The number of hydrogen-bond donors (Lipinski definition) is 1. The molecule has 2 fully saturated rings. The minimum absolute atomic E-state index is 0.0387. The van der Waals surface area contributed by atoms with Gasteiger partial charge in [-0.3, -0.25) is 10.1 Å². The highest BCUT2D eigenvalue weighted by atomic mass is 16.2. The third-order valence-corrected chi connectivity index (χ3v) is 4.97. The van der Waals surface area contributed by atoms with Gasteiger partial charge in [-0.05, 0) is 31.7 Å². The Labute approximate surface area is 121 Å². The smallest absolute Gasteiger partial charge is 0.244 e. The summed E-state index contributed by atoms with van der Waals surface area (Å²) in [6.45, 7) is 4.31. The average molecular weight is 272 g/mol. The van der Waals surface area contributed by atoms with E-state index in [9.17, 15) is 4.79 Å². The van der Waals surface area contributed by atoms with Crippen LogP contribution in [0.1, 0.15) is 57.7 Å². The Bertz CT molecular complexity index is 479. The molecule has 0 radical (unpaired) electrons. The fourth-order valence-electron chi connectivity index (χ4n) is 3.62. The van der Waals surface area contributed by atoms with Crippen LogP contribution < -0.4 is 5.32 Å². The summed E-state index contributed by atoms with van der Waals surface area (Å²) < 4.78 is 0. The Morgan fingerprint density at radius 1 is 1.30 bits per heavy atom. The van der Waals surface area contributed by atoms with E-state index in [0.717, 1.165) is 32.1 Å². The van der Waals surface area contributed by atoms with Crippen LogP contribution in [0.15, 0.2) is 30.3 Å². The number of amides is 1. The highest BCUT2D eigenvalue weighted by molar-refractivity contribution is 5.89. The number of carbonyl (C=O) groups is 1. The summed E-state index contributed by atoms with van der Waals surface area (Å²) in [4.78, 5) is 15.1. The van der Waals surface area contributed by atoms with Gasteiger partial charge in [0.1, 0.15) is 6.17 Å². The number of hydrogen-bond acceptors (Lipinski definition) is 2. The molecule has 1 aromatic rings. The molecule has 1 spiro atoms. The van der Waals surface area contributed by atoms with E-state index in [1.54, 1.807) is 0 Å². The molecule has 1 saturated carbocycles. The zero-order valence-electron chi connectivity index (χ0n) is 12.4. The van der Waals surface area contributed by atoms with Gasteiger partial charge < -0.3 is 4.90 Å². The highest BCUT2D eigenvalue weighted by Gasteiger charge is 2.53. The van der Waals surface area contributed by atoms with Crippen molar-refractivity contribution in [1.29, 1.82) is 0 Å². The average Bonchev–Trinajstić information content (AvgIpc) is 3.07. The molecular formula is C17H24N2O. The van der Waals surface area contributed by atoms with Crippen molar-refractivity contribution in [3.05, 3.63) is 35.9 Å². The molecule has 0 bridgehead atoms. The van der Waals surface area contributed by atoms with Gasteiger partial charge in [-0.2, -0.15) is 0 Å². The highest BCUT2D eigenvalue weighted by Crippen LogP contribution is 2.41. The van der Waals surface area contributed by atoms with Crippen LogP contribution in [0.4, 0.5) is 0 Å². The zero-order chi connectivity index (χ0) is 14.2. The number of carbonyl (C=O) groups excluding carboxylic acids is 1. The molecule has 0 aromatic heterocycles. The maximum atomic E-state index is 13.0. The first kappa shape index (κ1) is 13.6. The van der Waals surface area contributed by atoms with Crippen molar-refractivity contribution < 1.29 is 4.79 Å². The molecule has 3 heteroatoms. The molecule has 1 aliphatic heterocycles. The van der Waals surface area contributed by atoms with Crippen LogP contribution in [0, 0.1) is 0 Å². The molecule has 3 rings (SSSR count). The largest absolute Gasteiger partial charge is 0.319 e. The maximum absolute atomic E-state index is 13.0. The van der Waals surface area contributed by atoms with E-state index in [1.807, 2.05) is 6.07 Å². The Morgan fingerprint density at radius 3 is 2.55 bits per heavy atom. The van der Waals surface area contributed by atoms with Crippen molar-refractivity contribution in [2.75, 3.05) is 0 Å². The van der Waals surface area contributed by atoms with Crippen molar-refractivity contribution >= 4 is 5.91 Å². The van der Waals surface area contributed by atoms with Gasteiger partial charge in [0.15, 0.2) is 0 Å². The van der Waals surface area contributed by atoms with E-state index < -0.39 is 0 Å². The lowest BCUT2D eigenvalue weighted by Crippen LogP contribution is -2.45. The molecule has 1 saturated heterocycles. The molecule has 1 N–H and O–H groups in total. The Kier molecular flexibility index (Phi) is 3.55. The van der Waals surface area contributed by atoms with E-state index in [4.69, 9.17) is 0 Å². The third-order valence-electron chi connectivity index (χ3n) is 4.97. The second kappa shape index (κ2) is 5.21. The lowest BCUT2D eigenvalue weighted by Gasteiger charge is -2.30. The predicted molar refractivity (Wildman–Crippen MR) is 80.1 cm³/mol. The summed E-state index contributed by atoms with van der Waals surface area (Å²) in [5.74, 6) is 0.318. The quantitative estimate of drug-likeness (QED) is 0.916. The monoisotopic (exact) mass is 272 g/mol. The van der Waals surface area contributed by atoms with Gasteiger partial charge in [-0.1, -0.05) is 50.1 Å². The molecule has 1 amide bonds. The first-order valence-electron chi connectivity index (χ1n) is 7.83. The molecule has 2 unspecified atom stereocenters. The Hall–Kier alpha value is -1.35. The fraction of sp³-hybridized carbons (Fsp3) is 0.588. The van der Waals surface area contributed by atoms with E-state index in [-0.39, 0.29) is 17.7 Å². The van der Waals surface area contributed by atoms with Gasteiger partial charge in [0.25, 0.3) is 0 Å². The number of nitrogens with one attached hydrogen (secondary N) is 1. The van der Waals surface area contributed by atoms with E-state index in [2.05, 4.69) is 48.3 Å². The second-order valence-electron chi connectivity index (χ2n) is 6.22. The summed E-state index contributed by atoms with van der Waals surface area (Å²) in [5.41, 5.74) is 0.911. The van der Waals surface area contributed by atoms with Crippen molar-refractivity contribution in [2.45, 2.75) is 63.7 Å². The zero-order valence-corrected chi connectivity index (χ0v) is 12.4. The molecule has 2 aliphatic rings. The predicted octanol–water partition coefficient (Wildman–Crippen LogP) is 3.23. The minimum atomic E-state index is -0.288. The standard InChI is InChI=1S/C17H24N2O/c1-3-13(2)19-15(14-9-5-4-6-10-14)18-17(16(19)20)11-7-8-12-17/h4-6,9-10,13,15,18H,3,7-8,11-12H2,1-2H3. The SMILES string of the molecule is CCC(C)N1C(=O)C2(CCCC2)NC1c1ccccc1. The van der Waals surface area contributed by atoms with Gasteiger partial charge in [0.05, 0.1) is 5.54 Å². The van der Waals surface area contributed by atoms with E-state index >= 15 is 0 Å². The molecule has 1 aromatic carbocycles. The van der Waals surface area contributed by atoms with Crippen LogP contribution in [0.25, 0.3) is 0 Å². The summed E-state index contributed by atoms with van der Waals surface area (Å²) >= 11 is 0. The van der Waals surface area contributed by atoms with Crippen LogP contribution in [-0.2, 0) is 4.79 Å². The number of rotatable bonds is 3. The van der Waals surface area contributed by atoms with E-state index in [1.165, 1.54) is 5.56 Å². The van der Waals surface area contributed by atoms with Crippen molar-refractivity contribution in [1.82, 2.24) is 10.2 Å². The summed E-state index contributed by atoms with van der Waals surface area (Å²) in [7, 11) is 0. The molecular weight excluding hydrogens is 248 g/mol. The topological polar surface area (TPSA) is 32.3 Å². The molecule has 108 valence electrons. The third kappa shape index (κ3) is 2.05. The van der Waals surface area contributed by atoms with Gasteiger partial charge >= 0.3 is 0 Å². The number of nitrogens with zero attached hydrogens (tertiary/aromatic N) is 1. The first-order valence-corrected chi connectivity index (χ1v) is 7.83. The minimum Gasteiger partial charge on any atom is -0.319 e. The van der Waals surface area contributed by atoms with Crippen LogP contribution >= 0.6 is 0 Å². The normalized spacial score (nSPS) is 26.4. The van der Waals surface area contributed by atoms with Crippen LogP contribution in [0.3, 0.4) is 0 Å². The maximum Gasteiger partial charge on any atom is 0.244 e. The first-order chi connectivity index (χ1) is 9.68. The van der Waals surface area contributed by atoms with Gasteiger partial charge in [0.2, 0.25) is 5.91 Å². The van der Waals surface area contributed by atoms with Crippen molar-refractivity contribution in [2.24, 2.45) is 0 Å². The molecule has 1 aliphatic carbocycles. The van der Waals surface area contributed by atoms with Gasteiger partial charge in [0, 0.05) is 6.04 Å². The van der Waals surface area contributed by atoms with Gasteiger partial charge in [-0.25, -0.2) is 0 Å². The molecule has 3 nitrogen and oxygen atoms in total. The van der Waals surface area contributed by atoms with Crippen molar-refractivity contribution in [3.63, 3.8) is 0 Å². The van der Waals surface area contributed by atoms with Crippen LogP contribution in [0.2, 0.25) is 0 Å². The Balaban J connectivity index is 1.97. The summed E-state index contributed by atoms with van der Waals surface area (Å²) in [6, 6.07) is 10.6. The lowest BCUT2D eigenvalue weighted by molar-refractivity contribution is -0.135.